The number of hydrogen-bond donors (Lipinski definition) is 0. The zero-order chi connectivity index (χ0) is 21.8. The molecule has 0 radical (unpaired) electrons. The van der Waals surface area contributed by atoms with Crippen molar-refractivity contribution in [2.45, 2.75) is 33.2 Å². The molecule has 0 spiro atoms. The van der Waals surface area contributed by atoms with Crippen LogP contribution in [0.4, 0.5) is 0 Å². The molecule has 1 aliphatic rings. The SMILES string of the molecule is CCN(CC)C(=O)[C@H]1CCCN(C(=O)c2cn(Cc3cccc4ccccc34)nn2)C1. The Hall–Kier alpha value is -3.22. The number of carbonyl (C=O) groups is 2. The minimum Gasteiger partial charge on any atom is -0.343 e. The van der Waals surface area contributed by atoms with Crippen LogP contribution >= 0.6 is 0 Å². The number of likely N-dealkylation sites (tertiary alicyclic amines) is 1. The normalized spacial score (nSPS) is 16.5. The first-order valence-electron chi connectivity index (χ1n) is 11.1. The van der Waals surface area contributed by atoms with Crippen molar-refractivity contribution in [3.05, 3.63) is 59.9 Å². The van der Waals surface area contributed by atoms with E-state index in [1.165, 1.54) is 10.8 Å². The molecule has 31 heavy (non-hydrogen) atoms. The number of carbonyl (C=O) groups excluding carboxylic acids is 2. The molecule has 0 N–H and O–H groups in total. The third-order valence-corrected chi connectivity index (χ3v) is 6.10. The molecule has 1 aliphatic heterocycles. The minimum atomic E-state index is -0.152. The molecule has 7 nitrogen and oxygen atoms in total. The van der Waals surface area contributed by atoms with Crippen molar-refractivity contribution in [3.8, 4) is 0 Å². The van der Waals surface area contributed by atoms with Crippen LogP contribution in [-0.4, -0.2) is 62.8 Å². The first-order valence-corrected chi connectivity index (χ1v) is 11.1. The zero-order valence-corrected chi connectivity index (χ0v) is 18.2. The van der Waals surface area contributed by atoms with Crippen LogP contribution in [0.15, 0.2) is 48.7 Å². The molecule has 0 unspecified atom stereocenters. The predicted molar refractivity (Wildman–Crippen MR) is 120 cm³/mol. The monoisotopic (exact) mass is 419 g/mol. The molecule has 2 aromatic carbocycles. The van der Waals surface area contributed by atoms with Gasteiger partial charge in [0.15, 0.2) is 5.69 Å². The Morgan fingerprint density at radius 1 is 1.10 bits per heavy atom. The Kier molecular flexibility index (Phi) is 6.30. The van der Waals surface area contributed by atoms with E-state index in [9.17, 15) is 9.59 Å². The summed E-state index contributed by atoms with van der Waals surface area (Å²) in [5, 5.41) is 10.7. The summed E-state index contributed by atoms with van der Waals surface area (Å²) in [5.41, 5.74) is 1.46. The number of piperidine rings is 1. The molecule has 2 amide bonds. The van der Waals surface area contributed by atoms with Crippen LogP contribution in [0, 0.1) is 5.92 Å². The van der Waals surface area contributed by atoms with Crippen LogP contribution in [0.25, 0.3) is 10.8 Å². The van der Waals surface area contributed by atoms with Crippen LogP contribution in [0.1, 0.15) is 42.7 Å². The highest BCUT2D eigenvalue weighted by Crippen LogP contribution is 2.21. The van der Waals surface area contributed by atoms with Gasteiger partial charge in [0.25, 0.3) is 5.91 Å². The summed E-state index contributed by atoms with van der Waals surface area (Å²) in [6.07, 6.45) is 3.36. The number of hydrogen-bond acceptors (Lipinski definition) is 4. The molecule has 0 aliphatic carbocycles. The molecule has 0 saturated carbocycles. The van der Waals surface area contributed by atoms with Gasteiger partial charge in [0.2, 0.25) is 5.91 Å². The van der Waals surface area contributed by atoms with Crippen molar-refractivity contribution in [2.24, 2.45) is 5.92 Å². The first-order chi connectivity index (χ1) is 15.1. The standard InChI is InChI=1S/C24H29N5O2/c1-3-27(4-2)23(30)20-12-8-14-28(15-20)24(31)22-17-29(26-25-22)16-19-11-7-10-18-9-5-6-13-21(18)19/h5-7,9-11,13,17,20H,3-4,8,12,14-16H2,1-2H3/t20-/m0/s1. The Bertz CT molecular complexity index is 1070. The van der Waals surface area contributed by atoms with Crippen molar-refractivity contribution < 1.29 is 9.59 Å². The van der Waals surface area contributed by atoms with E-state index < -0.39 is 0 Å². The molecule has 1 saturated heterocycles. The summed E-state index contributed by atoms with van der Waals surface area (Å²) in [6.45, 7) is 7.01. The molecule has 1 aromatic heterocycles. The van der Waals surface area contributed by atoms with E-state index in [1.54, 1.807) is 15.8 Å². The summed E-state index contributed by atoms with van der Waals surface area (Å²) >= 11 is 0. The second-order valence-corrected chi connectivity index (χ2v) is 8.04. The molecule has 0 bridgehead atoms. The van der Waals surface area contributed by atoms with E-state index in [0.29, 0.717) is 38.4 Å². The third kappa shape index (κ3) is 4.45. The smallest absolute Gasteiger partial charge is 0.276 e. The molecular weight excluding hydrogens is 390 g/mol. The van der Waals surface area contributed by atoms with Gasteiger partial charge < -0.3 is 9.80 Å². The lowest BCUT2D eigenvalue weighted by Crippen LogP contribution is -2.46. The van der Waals surface area contributed by atoms with Crippen LogP contribution in [-0.2, 0) is 11.3 Å². The number of benzene rings is 2. The van der Waals surface area contributed by atoms with Crippen molar-refractivity contribution in [1.29, 1.82) is 0 Å². The fourth-order valence-electron chi connectivity index (χ4n) is 4.40. The maximum absolute atomic E-state index is 13.0. The summed E-state index contributed by atoms with van der Waals surface area (Å²) in [5.74, 6) is -0.147. The van der Waals surface area contributed by atoms with Crippen molar-refractivity contribution in [3.63, 3.8) is 0 Å². The predicted octanol–water partition coefficient (Wildman–Crippen LogP) is 3.20. The van der Waals surface area contributed by atoms with Crippen molar-refractivity contribution in [1.82, 2.24) is 24.8 Å². The Labute approximate surface area is 182 Å². The van der Waals surface area contributed by atoms with Gasteiger partial charge in [-0.3, -0.25) is 9.59 Å². The average Bonchev–Trinajstić information content (AvgIpc) is 3.28. The van der Waals surface area contributed by atoms with Crippen molar-refractivity contribution >= 4 is 22.6 Å². The summed E-state index contributed by atoms with van der Waals surface area (Å²) < 4.78 is 1.71. The Balaban J connectivity index is 1.46. The molecule has 1 atom stereocenters. The maximum atomic E-state index is 13.0. The van der Waals surface area contributed by atoms with E-state index in [1.807, 2.05) is 36.9 Å². The van der Waals surface area contributed by atoms with Crippen LogP contribution in [0.2, 0.25) is 0 Å². The van der Waals surface area contributed by atoms with Gasteiger partial charge in [-0.25, -0.2) is 4.68 Å². The highest BCUT2D eigenvalue weighted by atomic mass is 16.2. The molecule has 7 heteroatoms. The fraction of sp³-hybridized carbons (Fsp3) is 0.417. The molecule has 1 fully saturated rings. The van der Waals surface area contributed by atoms with Gasteiger partial charge in [-0.2, -0.15) is 0 Å². The minimum absolute atomic E-state index is 0.136. The quantitative estimate of drug-likeness (QED) is 0.615. The van der Waals surface area contributed by atoms with Crippen molar-refractivity contribution in [2.75, 3.05) is 26.2 Å². The highest BCUT2D eigenvalue weighted by molar-refractivity contribution is 5.92. The topological polar surface area (TPSA) is 71.3 Å². The largest absolute Gasteiger partial charge is 0.343 e. The number of amides is 2. The summed E-state index contributed by atoms with van der Waals surface area (Å²) in [7, 11) is 0. The number of nitrogens with zero attached hydrogens (tertiary/aromatic N) is 5. The molecule has 2 heterocycles. The molecular formula is C24H29N5O2. The lowest BCUT2D eigenvalue weighted by molar-refractivity contribution is -0.136. The highest BCUT2D eigenvalue weighted by Gasteiger charge is 2.31. The lowest BCUT2D eigenvalue weighted by Gasteiger charge is -2.34. The van der Waals surface area contributed by atoms with Gasteiger partial charge >= 0.3 is 0 Å². The van der Waals surface area contributed by atoms with E-state index in [4.69, 9.17) is 0 Å². The molecule has 162 valence electrons. The van der Waals surface area contributed by atoms with E-state index in [2.05, 4.69) is 34.6 Å². The Morgan fingerprint density at radius 3 is 2.68 bits per heavy atom. The first kappa shape index (κ1) is 21.0. The summed E-state index contributed by atoms with van der Waals surface area (Å²) in [6, 6.07) is 14.4. The van der Waals surface area contributed by atoms with E-state index in [-0.39, 0.29) is 17.7 Å². The number of rotatable bonds is 6. The lowest BCUT2D eigenvalue weighted by atomic mass is 9.96. The van der Waals surface area contributed by atoms with E-state index >= 15 is 0 Å². The Morgan fingerprint density at radius 2 is 1.87 bits per heavy atom. The number of fused-ring (bicyclic) bond motifs is 1. The van der Waals surface area contributed by atoms with Gasteiger partial charge in [-0.15, -0.1) is 5.10 Å². The second-order valence-electron chi connectivity index (χ2n) is 8.04. The zero-order valence-electron chi connectivity index (χ0n) is 18.2. The van der Waals surface area contributed by atoms with Crippen LogP contribution < -0.4 is 0 Å². The van der Waals surface area contributed by atoms with Gasteiger partial charge in [-0.05, 0) is 43.0 Å². The third-order valence-electron chi connectivity index (χ3n) is 6.10. The van der Waals surface area contributed by atoms with Gasteiger partial charge in [0.05, 0.1) is 18.7 Å². The fourth-order valence-corrected chi connectivity index (χ4v) is 4.40. The molecule has 3 aromatic rings. The van der Waals surface area contributed by atoms with Gasteiger partial charge in [0.1, 0.15) is 0 Å². The number of aromatic nitrogens is 3. The van der Waals surface area contributed by atoms with Gasteiger partial charge in [0, 0.05) is 26.2 Å². The summed E-state index contributed by atoms with van der Waals surface area (Å²) in [4.78, 5) is 29.4. The van der Waals surface area contributed by atoms with Crippen LogP contribution in [0.3, 0.4) is 0 Å². The molecule has 4 rings (SSSR count). The second kappa shape index (κ2) is 9.29. The van der Waals surface area contributed by atoms with Crippen LogP contribution in [0.5, 0.6) is 0 Å². The van der Waals surface area contributed by atoms with Gasteiger partial charge in [-0.1, -0.05) is 47.7 Å². The van der Waals surface area contributed by atoms with E-state index in [0.717, 1.165) is 18.4 Å². The average molecular weight is 420 g/mol. The maximum Gasteiger partial charge on any atom is 0.276 e.